The average molecular weight is 400 g/mol. The molecule has 1 aromatic rings. The lowest BCUT2D eigenvalue weighted by atomic mass is 9.93. The second kappa shape index (κ2) is 9.16. The maximum Gasteiger partial charge on any atom is 0.271 e. The molecular formula is C18H29N3O5S. The second-order valence-electron chi connectivity index (χ2n) is 7.28. The van der Waals surface area contributed by atoms with Crippen molar-refractivity contribution in [2.45, 2.75) is 53.1 Å². The summed E-state index contributed by atoms with van der Waals surface area (Å²) < 4.78 is 25.9. The third-order valence-corrected chi connectivity index (χ3v) is 5.55. The van der Waals surface area contributed by atoms with Gasteiger partial charge in [-0.25, -0.2) is 8.42 Å². The highest BCUT2D eigenvalue weighted by atomic mass is 32.2. The van der Waals surface area contributed by atoms with Crippen LogP contribution in [0.4, 0.5) is 11.4 Å². The van der Waals surface area contributed by atoms with Crippen molar-refractivity contribution in [3.05, 3.63) is 34.4 Å². The van der Waals surface area contributed by atoms with Crippen LogP contribution in [0.2, 0.25) is 0 Å². The molecule has 9 heteroatoms. The molecule has 0 radical (unpaired) electrons. The van der Waals surface area contributed by atoms with Gasteiger partial charge < -0.3 is 5.32 Å². The molecule has 1 atom stereocenters. The number of carbonyl (C=O) groups is 1. The first kappa shape index (κ1) is 22.9. The highest BCUT2D eigenvalue weighted by Gasteiger charge is 2.34. The molecule has 1 rings (SSSR count). The number of amides is 1. The minimum absolute atomic E-state index is 0.0966. The summed E-state index contributed by atoms with van der Waals surface area (Å²) in [4.78, 5) is 23.4. The molecule has 0 aromatic heterocycles. The van der Waals surface area contributed by atoms with Crippen molar-refractivity contribution in [1.82, 2.24) is 5.32 Å². The number of anilines is 1. The van der Waals surface area contributed by atoms with E-state index < -0.39 is 26.9 Å². The number of benzene rings is 1. The van der Waals surface area contributed by atoms with E-state index in [2.05, 4.69) is 5.32 Å². The Labute approximate surface area is 161 Å². The molecule has 0 bridgehead atoms. The van der Waals surface area contributed by atoms with Crippen LogP contribution in [-0.2, 0) is 14.8 Å². The molecular weight excluding hydrogens is 370 g/mol. The van der Waals surface area contributed by atoms with Crippen LogP contribution >= 0.6 is 0 Å². The van der Waals surface area contributed by atoms with Crippen molar-refractivity contribution >= 4 is 27.3 Å². The van der Waals surface area contributed by atoms with Crippen molar-refractivity contribution in [2.24, 2.45) is 11.8 Å². The number of sulfonamides is 1. The average Bonchev–Trinajstić information content (AvgIpc) is 2.55. The number of nitrogens with one attached hydrogen (secondary N) is 1. The zero-order valence-electron chi connectivity index (χ0n) is 16.7. The first-order valence-corrected chi connectivity index (χ1v) is 10.8. The summed E-state index contributed by atoms with van der Waals surface area (Å²) in [5, 5.41) is 14.0. The number of non-ortho nitro benzene ring substituents is 1. The van der Waals surface area contributed by atoms with Crippen LogP contribution in [0, 0.1) is 22.0 Å². The summed E-state index contributed by atoms with van der Waals surface area (Å²) in [6.07, 6.45) is 1.22. The summed E-state index contributed by atoms with van der Waals surface area (Å²) in [7, 11) is -3.84. The second-order valence-corrected chi connectivity index (χ2v) is 9.14. The fourth-order valence-electron chi connectivity index (χ4n) is 3.17. The summed E-state index contributed by atoms with van der Waals surface area (Å²) in [5.41, 5.74) is -0.141. The first-order valence-electron chi connectivity index (χ1n) is 8.94. The van der Waals surface area contributed by atoms with Crippen LogP contribution in [0.5, 0.6) is 0 Å². The SMILES string of the molecule is CC[C@H](C(=O)NC(C(C)C)C(C)C)N(c1cccc([N+](=O)[O-])c1)S(C)(=O)=O. The standard InChI is InChI=1S/C18H29N3O5S/c1-7-16(18(22)19-17(12(2)3)13(4)5)20(27(6,25)26)14-9-8-10-15(11-14)21(23)24/h8-13,16-17H,7H2,1-6H3,(H,19,22)/t16-/m1/s1. The van der Waals surface area contributed by atoms with Gasteiger partial charge in [0.25, 0.3) is 5.69 Å². The van der Waals surface area contributed by atoms with Gasteiger partial charge in [-0.05, 0) is 24.3 Å². The van der Waals surface area contributed by atoms with Gasteiger partial charge in [-0.1, -0.05) is 40.7 Å². The Morgan fingerprint density at radius 2 is 1.78 bits per heavy atom. The molecule has 0 saturated heterocycles. The molecule has 27 heavy (non-hydrogen) atoms. The van der Waals surface area contributed by atoms with E-state index in [9.17, 15) is 23.3 Å². The highest BCUT2D eigenvalue weighted by Crippen LogP contribution is 2.26. The Balaban J connectivity index is 3.34. The molecule has 0 saturated carbocycles. The predicted octanol–water partition coefficient (Wildman–Crippen LogP) is 2.94. The lowest BCUT2D eigenvalue weighted by Gasteiger charge is -2.33. The number of nitrogens with zero attached hydrogens (tertiary/aromatic N) is 2. The van der Waals surface area contributed by atoms with Gasteiger partial charge in [-0.2, -0.15) is 0 Å². The van der Waals surface area contributed by atoms with E-state index in [1.54, 1.807) is 6.92 Å². The van der Waals surface area contributed by atoms with Gasteiger partial charge in [0.2, 0.25) is 15.9 Å². The molecule has 1 amide bonds. The minimum atomic E-state index is -3.84. The largest absolute Gasteiger partial charge is 0.351 e. The van der Waals surface area contributed by atoms with Crippen LogP contribution in [0.15, 0.2) is 24.3 Å². The number of carbonyl (C=O) groups excluding carboxylic acids is 1. The maximum atomic E-state index is 12.9. The van der Waals surface area contributed by atoms with E-state index in [-0.39, 0.29) is 35.7 Å². The number of hydrogen-bond acceptors (Lipinski definition) is 5. The Kier molecular flexibility index (Phi) is 7.77. The van der Waals surface area contributed by atoms with Gasteiger partial charge in [0, 0.05) is 18.2 Å². The monoisotopic (exact) mass is 399 g/mol. The van der Waals surface area contributed by atoms with E-state index in [4.69, 9.17) is 0 Å². The molecule has 8 nitrogen and oxygen atoms in total. The van der Waals surface area contributed by atoms with Crippen molar-refractivity contribution < 1.29 is 18.1 Å². The highest BCUT2D eigenvalue weighted by molar-refractivity contribution is 7.92. The van der Waals surface area contributed by atoms with E-state index >= 15 is 0 Å². The Hall–Kier alpha value is -2.16. The summed E-state index contributed by atoms with van der Waals surface area (Å²) in [6, 6.07) is 4.19. The van der Waals surface area contributed by atoms with Gasteiger partial charge in [-0.15, -0.1) is 0 Å². The quantitative estimate of drug-likeness (QED) is 0.507. The van der Waals surface area contributed by atoms with Gasteiger partial charge in [-0.3, -0.25) is 19.2 Å². The Bertz CT molecular complexity index is 769. The number of rotatable bonds is 9. The molecule has 0 aliphatic rings. The number of hydrogen-bond donors (Lipinski definition) is 1. The fraction of sp³-hybridized carbons (Fsp3) is 0.611. The number of nitro benzene ring substituents is 1. The topological polar surface area (TPSA) is 110 Å². The first-order chi connectivity index (χ1) is 12.4. The van der Waals surface area contributed by atoms with Crippen molar-refractivity contribution in [1.29, 1.82) is 0 Å². The normalized spacial score (nSPS) is 13.1. The molecule has 0 fully saturated rings. The molecule has 0 heterocycles. The van der Waals surface area contributed by atoms with Crippen LogP contribution in [-0.4, -0.2) is 37.6 Å². The molecule has 0 spiro atoms. The molecule has 1 aromatic carbocycles. The minimum Gasteiger partial charge on any atom is -0.351 e. The van der Waals surface area contributed by atoms with Crippen LogP contribution < -0.4 is 9.62 Å². The Morgan fingerprint density at radius 1 is 1.22 bits per heavy atom. The molecule has 152 valence electrons. The van der Waals surface area contributed by atoms with Crippen LogP contribution in [0.25, 0.3) is 0 Å². The zero-order chi connectivity index (χ0) is 20.9. The van der Waals surface area contributed by atoms with Crippen molar-refractivity contribution in [3.63, 3.8) is 0 Å². The van der Waals surface area contributed by atoms with Crippen molar-refractivity contribution in [2.75, 3.05) is 10.6 Å². The van der Waals surface area contributed by atoms with Gasteiger partial charge >= 0.3 is 0 Å². The van der Waals surface area contributed by atoms with E-state index in [0.29, 0.717) is 0 Å². The lowest BCUT2D eigenvalue weighted by Crippen LogP contribution is -2.53. The number of nitro groups is 1. The van der Waals surface area contributed by atoms with Crippen molar-refractivity contribution in [3.8, 4) is 0 Å². The predicted molar refractivity (Wildman–Crippen MR) is 106 cm³/mol. The summed E-state index contributed by atoms with van der Waals surface area (Å²) >= 11 is 0. The summed E-state index contributed by atoms with van der Waals surface area (Å²) in [6.45, 7) is 9.66. The smallest absolute Gasteiger partial charge is 0.271 e. The summed E-state index contributed by atoms with van der Waals surface area (Å²) in [5.74, 6) is -0.0614. The van der Waals surface area contributed by atoms with Crippen LogP contribution in [0.1, 0.15) is 41.0 Å². The fourth-order valence-corrected chi connectivity index (χ4v) is 4.37. The van der Waals surface area contributed by atoms with Gasteiger partial charge in [0.15, 0.2) is 0 Å². The molecule has 0 unspecified atom stereocenters. The third-order valence-electron chi connectivity index (χ3n) is 4.37. The lowest BCUT2D eigenvalue weighted by molar-refractivity contribution is -0.384. The van der Waals surface area contributed by atoms with Crippen LogP contribution in [0.3, 0.4) is 0 Å². The molecule has 1 N–H and O–H groups in total. The van der Waals surface area contributed by atoms with Gasteiger partial charge in [0.1, 0.15) is 6.04 Å². The zero-order valence-corrected chi connectivity index (χ0v) is 17.5. The molecule has 0 aliphatic heterocycles. The molecule has 0 aliphatic carbocycles. The van der Waals surface area contributed by atoms with E-state index in [1.165, 1.54) is 24.3 Å². The van der Waals surface area contributed by atoms with Gasteiger partial charge in [0.05, 0.1) is 16.9 Å². The third kappa shape index (κ3) is 5.92. The Morgan fingerprint density at radius 3 is 2.19 bits per heavy atom. The van der Waals surface area contributed by atoms with E-state index in [0.717, 1.165) is 10.6 Å². The maximum absolute atomic E-state index is 12.9. The van der Waals surface area contributed by atoms with E-state index in [1.807, 2.05) is 27.7 Å².